The van der Waals surface area contributed by atoms with Gasteiger partial charge in [-0.05, 0) is 37.0 Å². The number of carbonyl (C=O) groups is 2. The summed E-state index contributed by atoms with van der Waals surface area (Å²) in [5.41, 5.74) is -0.0840. The quantitative estimate of drug-likeness (QED) is 0.898. The molecular weight excluding hydrogens is 285 g/mol. The molecule has 6 heteroatoms. The topological polar surface area (TPSA) is 66.4 Å². The van der Waals surface area contributed by atoms with Crippen LogP contribution in [-0.2, 0) is 4.79 Å². The molecule has 0 aliphatic heterocycles. The van der Waals surface area contributed by atoms with Gasteiger partial charge in [-0.1, -0.05) is 18.0 Å². The Morgan fingerprint density at radius 3 is 2.80 bits per heavy atom. The number of carboxylic acid groups (broad SMARTS) is 1. The van der Waals surface area contributed by atoms with Crippen LogP contribution >= 0.6 is 11.6 Å². The molecule has 0 radical (unpaired) electrons. The van der Waals surface area contributed by atoms with Crippen molar-refractivity contribution in [3.05, 3.63) is 34.6 Å². The number of benzene rings is 1. The third-order valence-electron chi connectivity index (χ3n) is 3.68. The smallest absolute Gasteiger partial charge is 0.306 e. The fourth-order valence-corrected chi connectivity index (χ4v) is 2.76. The zero-order chi connectivity index (χ0) is 14.7. The van der Waals surface area contributed by atoms with Crippen molar-refractivity contribution >= 4 is 23.5 Å². The van der Waals surface area contributed by atoms with Crippen LogP contribution in [0.15, 0.2) is 18.2 Å². The minimum atomic E-state index is -0.834. The zero-order valence-corrected chi connectivity index (χ0v) is 11.5. The Labute approximate surface area is 120 Å². The number of hydrogen-bond donors (Lipinski definition) is 2. The molecule has 2 atom stereocenters. The Kier molecular flexibility index (Phi) is 4.60. The van der Waals surface area contributed by atoms with Gasteiger partial charge in [-0.15, -0.1) is 0 Å². The van der Waals surface area contributed by atoms with Crippen molar-refractivity contribution in [3.63, 3.8) is 0 Å². The molecule has 1 fully saturated rings. The lowest BCUT2D eigenvalue weighted by Crippen LogP contribution is -2.33. The highest BCUT2D eigenvalue weighted by Gasteiger charge is 2.33. The molecule has 1 aromatic carbocycles. The second-order valence-corrected chi connectivity index (χ2v) is 5.41. The molecule has 0 spiro atoms. The summed E-state index contributed by atoms with van der Waals surface area (Å²) in [6.07, 6.45) is 2.23. The Bertz CT molecular complexity index is 535. The van der Waals surface area contributed by atoms with Gasteiger partial charge in [0.15, 0.2) is 0 Å². The first kappa shape index (κ1) is 14.8. The van der Waals surface area contributed by atoms with Crippen LogP contribution in [0.4, 0.5) is 4.39 Å². The van der Waals surface area contributed by atoms with Crippen LogP contribution < -0.4 is 5.32 Å². The van der Waals surface area contributed by atoms with Crippen LogP contribution in [0, 0.1) is 17.7 Å². The summed E-state index contributed by atoms with van der Waals surface area (Å²) in [4.78, 5) is 22.9. The summed E-state index contributed by atoms with van der Waals surface area (Å²) in [5.74, 6) is -2.58. The average Bonchev–Trinajstić information content (AvgIpc) is 2.84. The molecule has 4 nitrogen and oxygen atoms in total. The van der Waals surface area contributed by atoms with E-state index in [4.69, 9.17) is 16.7 Å². The Balaban J connectivity index is 1.97. The van der Waals surface area contributed by atoms with Gasteiger partial charge >= 0.3 is 5.97 Å². The van der Waals surface area contributed by atoms with Gasteiger partial charge in [0, 0.05) is 11.6 Å². The maximum atomic E-state index is 13.6. The largest absolute Gasteiger partial charge is 0.481 e. The van der Waals surface area contributed by atoms with E-state index in [2.05, 4.69) is 5.32 Å². The summed E-state index contributed by atoms with van der Waals surface area (Å²) in [5, 5.41) is 11.9. The number of hydrogen-bond acceptors (Lipinski definition) is 2. The summed E-state index contributed by atoms with van der Waals surface area (Å²) in [6.45, 7) is 0.248. The Morgan fingerprint density at radius 2 is 2.15 bits per heavy atom. The summed E-state index contributed by atoms with van der Waals surface area (Å²) >= 11 is 5.62. The van der Waals surface area contributed by atoms with E-state index in [9.17, 15) is 14.0 Å². The van der Waals surface area contributed by atoms with E-state index in [-0.39, 0.29) is 23.0 Å². The minimum Gasteiger partial charge on any atom is -0.481 e. The lowest BCUT2D eigenvalue weighted by Gasteiger charge is -2.16. The van der Waals surface area contributed by atoms with E-state index in [0.717, 1.165) is 18.9 Å². The molecule has 1 aliphatic carbocycles. The first-order valence-corrected chi connectivity index (χ1v) is 6.83. The van der Waals surface area contributed by atoms with Crippen LogP contribution in [0.3, 0.4) is 0 Å². The summed E-state index contributed by atoms with van der Waals surface area (Å²) in [6, 6.07) is 3.83. The standard InChI is InChI=1S/C14H15ClFNO3/c15-9-4-5-11(12(16)6-9)13(18)17-7-8-2-1-3-10(8)14(19)20/h4-6,8,10H,1-3,7H2,(H,17,18)(H,19,20). The molecule has 1 amide bonds. The Hall–Kier alpha value is -1.62. The van der Waals surface area contributed by atoms with E-state index in [1.807, 2.05) is 0 Å². The Morgan fingerprint density at radius 1 is 1.40 bits per heavy atom. The zero-order valence-electron chi connectivity index (χ0n) is 10.7. The van der Waals surface area contributed by atoms with Crippen molar-refractivity contribution < 1.29 is 19.1 Å². The van der Waals surface area contributed by atoms with Crippen LogP contribution in [0.25, 0.3) is 0 Å². The predicted molar refractivity (Wildman–Crippen MR) is 72.2 cm³/mol. The van der Waals surface area contributed by atoms with Crippen LogP contribution in [0.5, 0.6) is 0 Å². The molecule has 2 N–H and O–H groups in total. The van der Waals surface area contributed by atoms with Crippen molar-refractivity contribution in [3.8, 4) is 0 Å². The van der Waals surface area contributed by atoms with Gasteiger partial charge in [0.1, 0.15) is 5.82 Å². The van der Waals surface area contributed by atoms with E-state index < -0.39 is 23.6 Å². The molecule has 2 rings (SSSR count). The lowest BCUT2D eigenvalue weighted by atomic mass is 9.96. The monoisotopic (exact) mass is 299 g/mol. The van der Waals surface area contributed by atoms with E-state index in [1.54, 1.807) is 0 Å². The number of amides is 1. The van der Waals surface area contributed by atoms with Crippen LogP contribution in [-0.4, -0.2) is 23.5 Å². The van der Waals surface area contributed by atoms with Crippen molar-refractivity contribution in [1.29, 1.82) is 0 Å². The molecule has 0 saturated heterocycles. The molecular formula is C14H15ClFNO3. The molecule has 108 valence electrons. The number of nitrogens with one attached hydrogen (secondary N) is 1. The first-order chi connectivity index (χ1) is 9.49. The van der Waals surface area contributed by atoms with Gasteiger partial charge in [0.2, 0.25) is 0 Å². The number of rotatable bonds is 4. The third kappa shape index (κ3) is 3.28. The van der Waals surface area contributed by atoms with E-state index >= 15 is 0 Å². The molecule has 1 saturated carbocycles. The van der Waals surface area contributed by atoms with Crippen molar-refractivity contribution in [1.82, 2.24) is 5.32 Å². The second-order valence-electron chi connectivity index (χ2n) is 4.97. The van der Waals surface area contributed by atoms with Gasteiger partial charge in [0.25, 0.3) is 5.91 Å². The summed E-state index contributed by atoms with van der Waals surface area (Å²) < 4.78 is 13.6. The molecule has 1 aliphatic rings. The highest BCUT2D eigenvalue weighted by atomic mass is 35.5. The van der Waals surface area contributed by atoms with E-state index in [1.165, 1.54) is 12.1 Å². The van der Waals surface area contributed by atoms with Gasteiger partial charge in [-0.2, -0.15) is 0 Å². The van der Waals surface area contributed by atoms with Crippen molar-refractivity contribution in [2.24, 2.45) is 11.8 Å². The highest BCUT2D eigenvalue weighted by Crippen LogP contribution is 2.31. The predicted octanol–water partition coefficient (Wildman–Crippen LogP) is 2.71. The lowest BCUT2D eigenvalue weighted by molar-refractivity contribution is -0.142. The van der Waals surface area contributed by atoms with Crippen molar-refractivity contribution in [2.45, 2.75) is 19.3 Å². The molecule has 0 bridgehead atoms. The average molecular weight is 300 g/mol. The number of halogens is 2. The number of carboxylic acids is 1. The van der Waals surface area contributed by atoms with Gasteiger partial charge in [-0.3, -0.25) is 9.59 Å². The second kappa shape index (κ2) is 6.22. The van der Waals surface area contributed by atoms with Gasteiger partial charge in [-0.25, -0.2) is 4.39 Å². The van der Waals surface area contributed by atoms with Crippen LogP contribution in [0.2, 0.25) is 5.02 Å². The van der Waals surface area contributed by atoms with E-state index in [0.29, 0.717) is 6.42 Å². The molecule has 20 heavy (non-hydrogen) atoms. The minimum absolute atomic E-state index is 0.0840. The third-order valence-corrected chi connectivity index (χ3v) is 3.91. The normalized spacial score (nSPS) is 21.7. The summed E-state index contributed by atoms with van der Waals surface area (Å²) in [7, 11) is 0. The molecule has 1 aromatic rings. The molecule has 0 aromatic heterocycles. The molecule has 2 unspecified atom stereocenters. The maximum Gasteiger partial charge on any atom is 0.306 e. The highest BCUT2D eigenvalue weighted by molar-refractivity contribution is 6.30. The number of carbonyl (C=O) groups excluding carboxylic acids is 1. The van der Waals surface area contributed by atoms with Gasteiger partial charge < -0.3 is 10.4 Å². The van der Waals surface area contributed by atoms with Gasteiger partial charge in [0.05, 0.1) is 11.5 Å². The molecule has 0 heterocycles. The van der Waals surface area contributed by atoms with Crippen LogP contribution in [0.1, 0.15) is 29.6 Å². The maximum absolute atomic E-state index is 13.6. The van der Waals surface area contributed by atoms with Crippen molar-refractivity contribution in [2.75, 3.05) is 6.54 Å². The fraction of sp³-hybridized carbons (Fsp3) is 0.429. The SMILES string of the molecule is O=C(NCC1CCCC1C(=O)O)c1ccc(Cl)cc1F. The fourth-order valence-electron chi connectivity index (χ4n) is 2.60. The number of aliphatic carboxylic acids is 1. The first-order valence-electron chi connectivity index (χ1n) is 6.45.